The van der Waals surface area contributed by atoms with E-state index in [1.807, 2.05) is 37.3 Å². The Balaban J connectivity index is 2.13. The molecule has 0 radical (unpaired) electrons. The van der Waals surface area contributed by atoms with Crippen molar-refractivity contribution in [3.8, 4) is 5.75 Å². The van der Waals surface area contributed by atoms with E-state index < -0.39 is 0 Å². The molecular weight excluding hydrogens is 262 g/mol. The summed E-state index contributed by atoms with van der Waals surface area (Å²) in [5.41, 5.74) is 10.5. The predicted octanol–water partition coefficient (Wildman–Crippen LogP) is 4.11. The van der Waals surface area contributed by atoms with Gasteiger partial charge in [0.1, 0.15) is 17.1 Å². The minimum Gasteiger partial charge on any atom is -0.496 e. The minimum atomic E-state index is -0.339. The lowest BCUT2D eigenvalue weighted by atomic mass is 10.0. The monoisotopic (exact) mass is 281 g/mol. The van der Waals surface area contributed by atoms with Crippen molar-refractivity contribution in [1.29, 1.82) is 0 Å². The van der Waals surface area contributed by atoms with Crippen molar-refractivity contribution < 1.29 is 9.15 Å². The first-order valence-electron chi connectivity index (χ1n) is 7.00. The van der Waals surface area contributed by atoms with Crippen LogP contribution in [0.4, 0.5) is 0 Å². The zero-order valence-electron chi connectivity index (χ0n) is 12.5. The summed E-state index contributed by atoms with van der Waals surface area (Å²) < 4.78 is 11.4. The van der Waals surface area contributed by atoms with Gasteiger partial charge in [-0.2, -0.15) is 0 Å². The van der Waals surface area contributed by atoms with Gasteiger partial charge in [0.15, 0.2) is 0 Å². The molecule has 3 heteroatoms. The van der Waals surface area contributed by atoms with E-state index in [4.69, 9.17) is 14.9 Å². The summed E-state index contributed by atoms with van der Waals surface area (Å²) in [6, 6.07) is 13.7. The van der Waals surface area contributed by atoms with Crippen molar-refractivity contribution in [3.63, 3.8) is 0 Å². The smallest absolute Gasteiger partial charge is 0.134 e. The molecule has 1 heterocycles. The fourth-order valence-electron chi connectivity index (χ4n) is 2.71. The number of furan rings is 1. The molecule has 0 saturated carbocycles. The summed E-state index contributed by atoms with van der Waals surface area (Å²) in [4.78, 5) is 0. The molecule has 3 aromatic rings. The van der Waals surface area contributed by atoms with E-state index in [0.717, 1.165) is 33.6 Å². The number of methoxy groups -OCH3 is 1. The van der Waals surface area contributed by atoms with Gasteiger partial charge in [-0.05, 0) is 31.5 Å². The fraction of sp³-hybridized carbons (Fsp3) is 0.222. The molecule has 21 heavy (non-hydrogen) atoms. The van der Waals surface area contributed by atoms with Gasteiger partial charge in [-0.1, -0.05) is 30.3 Å². The van der Waals surface area contributed by atoms with E-state index in [0.29, 0.717) is 0 Å². The second-order valence-corrected chi connectivity index (χ2v) is 5.31. The number of para-hydroxylation sites is 1. The van der Waals surface area contributed by atoms with Crippen LogP contribution in [0.5, 0.6) is 5.75 Å². The van der Waals surface area contributed by atoms with E-state index in [1.165, 1.54) is 5.56 Å². The van der Waals surface area contributed by atoms with Crippen LogP contribution in [-0.4, -0.2) is 7.11 Å². The number of hydrogen-bond acceptors (Lipinski definition) is 3. The Bertz CT molecular complexity index is 789. The molecule has 108 valence electrons. The van der Waals surface area contributed by atoms with E-state index in [-0.39, 0.29) is 6.04 Å². The van der Waals surface area contributed by atoms with Crippen molar-refractivity contribution in [2.24, 2.45) is 5.73 Å². The molecule has 2 aromatic carbocycles. The van der Waals surface area contributed by atoms with Gasteiger partial charge in [-0.15, -0.1) is 0 Å². The van der Waals surface area contributed by atoms with Crippen molar-refractivity contribution in [1.82, 2.24) is 0 Å². The summed E-state index contributed by atoms with van der Waals surface area (Å²) in [6.45, 7) is 4.10. The van der Waals surface area contributed by atoms with Gasteiger partial charge in [-0.3, -0.25) is 0 Å². The van der Waals surface area contributed by atoms with Crippen molar-refractivity contribution in [2.75, 3.05) is 7.11 Å². The normalized spacial score (nSPS) is 12.6. The van der Waals surface area contributed by atoms with Gasteiger partial charge < -0.3 is 14.9 Å². The topological polar surface area (TPSA) is 48.4 Å². The second-order valence-electron chi connectivity index (χ2n) is 5.31. The van der Waals surface area contributed by atoms with E-state index in [9.17, 15) is 0 Å². The Hall–Kier alpha value is -2.26. The molecule has 0 bridgehead atoms. The van der Waals surface area contributed by atoms with Gasteiger partial charge in [0.25, 0.3) is 0 Å². The van der Waals surface area contributed by atoms with Gasteiger partial charge in [-0.25, -0.2) is 0 Å². The fourth-order valence-corrected chi connectivity index (χ4v) is 2.71. The standard InChI is InChI=1S/C18H19NO2/c1-11-8-9-13-12(2)18(21-16(13)10-11)17(19)14-6-4-5-7-15(14)20-3/h4-10,17H,19H2,1-3H3. The third kappa shape index (κ3) is 2.30. The van der Waals surface area contributed by atoms with Gasteiger partial charge in [0.2, 0.25) is 0 Å². The van der Waals surface area contributed by atoms with Crippen LogP contribution in [0.2, 0.25) is 0 Å². The van der Waals surface area contributed by atoms with Crippen LogP contribution in [0.25, 0.3) is 11.0 Å². The molecule has 3 nitrogen and oxygen atoms in total. The maximum absolute atomic E-state index is 6.42. The first-order valence-corrected chi connectivity index (χ1v) is 7.00. The first kappa shape index (κ1) is 13.7. The predicted molar refractivity (Wildman–Crippen MR) is 84.7 cm³/mol. The number of fused-ring (bicyclic) bond motifs is 1. The molecule has 0 saturated heterocycles. The Morgan fingerprint density at radius 3 is 2.62 bits per heavy atom. The molecule has 2 N–H and O–H groups in total. The number of hydrogen-bond donors (Lipinski definition) is 1. The number of rotatable bonds is 3. The molecule has 0 amide bonds. The highest BCUT2D eigenvalue weighted by Gasteiger charge is 2.21. The van der Waals surface area contributed by atoms with Crippen LogP contribution in [0.1, 0.15) is 28.5 Å². The Kier molecular flexibility index (Phi) is 3.43. The average Bonchev–Trinajstić information content (AvgIpc) is 2.82. The lowest BCUT2D eigenvalue weighted by Gasteiger charge is -2.14. The lowest BCUT2D eigenvalue weighted by Crippen LogP contribution is -2.13. The Labute approximate surface area is 124 Å². The van der Waals surface area contributed by atoms with Gasteiger partial charge >= 0.3 is 0 Å². The Morgan fingerprint density at radius 1 is 1.10 bits per heavy atom. The largest absolute Gasteiger partial charge is 0.496 e. The molecule has 1 atom stereocenters. The molecule has 0 aliphatic heterocycles. The zero-order valence-corrected chi connectivity index (χ0v) is 12.5. The maximum Gasteiger partial charge on any atom is 0.134 e. The third-order valence-corrected chi connectivity index (χ3v) is 3.89. The molecule has 1 aromatic heterocycles. The first-order chi connectivity index (χ1) is 10.1. The van der Waals surface area contributed by atoms with E-state index >= 15 is 0 Å². The lowest BCUT2D eigenvalue weighted by molar-refractivity contribution is 0.404. The molecule has 1 unspecified atom stereocenters. The van der Waals surface area contributed by atoms with Crippen molar-refractivity contribution >= 4 is 11.0 Å². The summed E-state index contributed by atoms with van der Waals surface area (Å²) in [5, 5.41) is 1.11. The summed E-state index contributed by atoms with van der Waals surface area (Å²) in [5.74, 6) is 1.57. The molecule has 0 fully saturated rings. The number of benzene rings is 2. The number of aryl methyl sites for hydroxylation is 2. The third-order valence-electron chi connectivity index (χ3n) is 3.89. The van der Waals surface area contributed by atoms with E-state index in [1.54, 1.807) is 7.11 Å². The highest BCUT2D eigenvalue weighted by Crippen LogP contribution is 2.34. The average molecular weight is 281 g/mol. The van der Waals surface area contributed by atoms with Crippen LogP contribution >= 0.6 is 0 Å². The number of ether oxygens (including phenoxy) is 1. The second kappa shape index (κ2) is 5.26. The van der Waals surface area contributed by atoms with Crippen LogP contribution in [0, 0.1) is 13.8 Å². The molecule has 0 aliphatic rings. The van der Waals surface area contributed by atoms with Gasteiger partial charge in [0.05, 0.1) is 13.2 Å². The quantitative estimate of drug-likeness (QED) is 0.786. The van der Waals surface area contributed by atoms with Gasteiger partial charge in [0, 0.05) is 16.5 Å². The van der Waals surface area contributed by atoms with Crippen molar-refractivity contribution in [3.05, 3.63) is 64.9 Å². The molecular formula is C18H19NO2. The number of nitrogens with two attached hydrogens (primary N) is 1. The highest BCUT2D eigenvalue weighted by molar-refractivity contribution is 5.83. The molecule has 0 aliphatic carbocycles. The van der Waals surface area contributed by atoms with Crippen molar-refractivity contribution in [2.45, 2.75) is 19.9 Å². The minimum absolute atomic E-state index is 0.339. The SMILES string of the molecule is COc1ccccc1C(N)c1oc2cc(C)ccc2c1C. The van der Waals surface area contributed by atoms with Crippen LogP contribution in [0.15, 0.2) is 46.9 Å². The summed E-state index contributed by atoms with van der Waals surface area (Å²) >= 11 is 0. The van der Waals surface area contributed by atoms with E-state index in [2.05, 4.69) is 19.1 Å². The molecule has 3 rings (SSSR count). The van der Waals surface area contributed by atoms with Crippen LogP contribution < -0.4 is 10.5 Å². The highest BCUT2D eigenvalue weighted by atomic mass is 16.5. The van der Waals surface area contributed by atoms with Crippen LogP contribution in [0.3, 0.4) is 0 Å². The van der Waals surface area contributed by atoms with Crippen LogP contribution in [-0.2, 0) is 0 Å². The summed E-state index contributed by atoms with van der Waals surface area (Å²) in [7, 11) is 1.65. The summed E-state index contributed by atoms with van der Waals surface area (Å²) in [6.07, 6.45) is 0. The Morgan fingerprint density at radius 2 is 1.86 bits per heavy atom. The molecule has 0 spiro atoms. The zero-order chi connectivity index (χ0) is 15.0. The maximum atomic E-state index is 6.42.